The van der Waals surface area contributed by atoms with Crippen molar-refractivity contribution in [2.45, 2.75) is 19.3 Å². The van der Waals surface area contributed by atoms with E-state index in [1.165, 1.54) is 13.2 Å². The van der Waals surface area contributed by atoms with E-state index >= 15 is 0 Å². The second kappa shape index (κ2) is 7.77. The first-order chi connectivity index (χ1) is 12.6. The van der Waals surface area contributed by atoms with Gasteiger partial charge in [-0.2, -0.15) is 0 Å². The Bertz CT molecular complexity index is 863. The average Bonchev–Trinajstić information content (AvgIpc) is 2.85. The molecule has 1 aromatic carbocycles. The van der Waals surface area contributed by atoms with Crippen LogP contribution < -0.4 is 10.1 Å². The molecule has 134 valence electrons. The van der Waals surface area contributed by atoms with Crippen LogP contribution in [0.1, 0.15) is 39.3 Å². The summed E-state index contributed by atoms with van der Waals surface area (Å²) in [6.07, 6.45) is 1.99. The van der Waals surface area contributed by atoms with Gasteiger partial charge in [0, 0.05) is 18.2 Å². The Balaban J connectivity index is 1.66. The van der Waals surface area contributed by atoms with E-state index in [4.69, 9.17) is 9.47 Å². The van der Waals surface area contributed by atoms with Crippen LogP contribution in [0.5, 0.6) is 5.88 Å². The standard InChI is InChI=1S/C19H18N2O5/c1-25-18-7-3-5-14(21-18)16(22)11-26-19(24)13-9-8-12-4-2-6-17(23)20-15(12)10-13/h3,5,7-10H,2,4,6,11H2,1H3,(H,20,23). The molecule has 3 rings (SSSR count). The van der Waals surface area contributed by atoms with Gasteiger partial charge >= 0.3 is 5.97 Å². The first-order valence-electron chi connectivity index (χ1n) is 8.21. The number of Topliss-reactive ketones (excluding diaryl/α,β-unsaturated/α-hetero) is 1. The number of esters is 1. The second-order valence-corrected chi connectivity index (χ2v) is 5.84. The van der Waals surface area contributed by atoms with Gasteiger partial charge in [0.15, 0.2) is 6.61 Å². The van der Waals surface area contributed by atoms with Gasteiger partial charge in [0.05, 0.1) is 12.7 Å². The van der Waals surface area contributed by atoms with Crippen LogP contribution >= 0.6 is 0 Å². The summed E-state index contributed by atoms with van der Waals surface area (Å²) in [5.74, 6) is -0.833. The lowest BCUT2D eigenvalue weighted by atomic mass is 10.1. The molecule has 0 spiro atoms. The molecule has 1 aliphatic rings. The van der Waals surface area contributed by atoms with Crippen molar-refractivity contribution < 1.29 is 23.9 Å². The molecule has 1 N–H and O–H groups in total. The third-order valence-corrected chi connectivity index (χ3v) is 4.02. The topological polar surface area (TPSA) is 94.6 Å². The summed E-state index contributed by atoms with van der Waals surface area (Å²) in [5.41, 5.74) is 2.02. The van der Waals surface area contributed by atoms with Crippen molar-refractivity contribution in [2.24, 2.45) is 0 Å². The number of pyridine rings is 1. The van der Waals surface area contributed by atoms with Gasteiger partial charge < -0.3 is 14.8 Å². The van der Waals surface area contributed by atoms with Crippen molar-refractivity contribution in [1.29, 1.82) is 0 Å². The van der Waals surface area contributed by atoms with Crippen molar-refractivity contribution in [2.75, 3.05) is 19.0 Å². The number of nitrogens with zero attached hydrogens (tertiary/aromatic N) is 1. The van der Waals surface area contributed by atoms with Crippen LogP contribution in [0, 0.1) is 0 Å². The number of carbonyl (C=O) groups is 3. The van der Waals surface area contributed by atoms with Crippen LogP contribution in [0.2, 0.25) is 0 Å². The number of rotatable bonds is 5. The lowest BCUT2D eigenvalue weighted by Crippen LogP contribution is -2.16. The Morgan fingerprint density at radius 3 is 2.85 bits per heavy atom. The van der Waals surface area contributed by atoms with E-state index < -0.39 is 18.4 Å². The fourth-order valence-corrected chi connectivity index (χ4v) is 2.66. The number of anilines is 1. The minimum Gasteiger partial charge on any atom is -0.481 e. The maximum absolute atomic E-state index is 12.2. The van der Waals surface area contributed by atoms with Gasteiger partial charge in [0.25, 0.3) is 0 Å². The monoisotopic (exact) mass is 354 g/mol. The highest BCUT2D eigenvalue weighted by molar-refractivity contribution is 5.99. The van der Waals surface area contributed by atoms with Crippen LogP contribution in [-0.4, -0.2) is 36.4 Å². The Hall–Kier alpha value is -3.22. The van der Waals surface area contributed by atoms with Crippen molar-refractivity contribution in [3.63, 3.8) is 0 Å². The molecule has 0 saturated heterocycles. The number of ether oxygens (including phenoxy) is 2. The molecule has 0 atom stereocenters. The molecule has 0 saturated carbocycles. The highest BCUT2D eigenvalue weighted by Crippen LogP contribution is 2.23. The number of aromatic nitrogens is 1. The van der Waals surface area contributed by atoms with Gasteiger partial charge in [-0.25, -0.2) is 9.78 Å². The van der Waals surface area contributed by atoms with Crippen molar-refractivity contribution in [1.82, 2.24) is 4.98 Å². The first-order valence-corrected chi connectivity index (χ1v) is 8.21. The van der Waals surface area contributed by atoms with E-state index in [-0.39, 0.29) is 17.2 Å². The third kappa shape index (κ3) is 4.05. The van der Waals surface area contributed by atoms with Gasteiger partial charge in [0.1, 0.15) is 5.69 Å². The predicted molar refractivity (Wildman–Crippen MR) is 93.4 cm³/mol. The molecule has 0 radical (unpaired) electrons. The molecule has 7 nitrogen and oxygen atoms in total. The van der Waals surface area contributed by atoms with Crippen molar-refractivity contribution >= 4 is 23.3 Å². The molecule has 2 aromatic rings. The number of amides is 1. The van der Waals surface area contributed by atoms with Crippen LogP contribution in [0.25, 0.3) is 0 Å². The zero-order valence-electron chi connectivity index (χ0n) is 14.3. The normalized spacial score (nSPS) is 13.2. The van der Waals surface area contributed by atoms with E-state index in [9.17, 15) is 14.4 Å². The van der Waals surface area contributed by atoms with E-state index in [0.717, 1.165) is 18.4 Å². The van der Waals surface area contributed by atoms with E-state index in [1.54, 1.807) is 30.3 Å². The molecule has 26 heavy (non-hydrogen) atoms. The summed E-state index contributed by atoms with van der Waals surface area (Å²) in [6.45, 7) is -0.428. The van der Waals surface area contributed by atoms with Gasteiger partial charge in [-0.15, -0.1) is 0 Å². The Kier molecular flexibility index (Phi) is 5.26. The van der Waals surface area contributed by atoms with Crippen LogP contribution in [0.4, 0.5) is 5.69 Å². The maximum Gasteiger partial charge on any atom is 0.338 e. The maximum atomic E-state index is 12.2. The van der Waals surface area contributed by atoms with Gasteiger partial charge in [-0.3, -0.25) is 9.59 Å². The Morgan fingerprint density at radius 1 is 1.19 bits per heavy atom. The molecule has 0 bridgehead atoms. The lowest BCUT2D eigenvalue weighted by Gasteiger charge is -2.09. The summed E-state index contributed by atoms with van der Waals surface area (Å²) in [6, 6.07) is 9.78. The summed E-state index contributed by atoms with van der Waals surface area (Å²) >= 11 is 0. The quantitative estimate of drug-likeness (QED) is 0.654. The number of methoxy groups -OCH3 is 1. The van der Waals surface area contributed by atoms with Gasteiger partial charge in [-0.1, -0.05) is 12.1 Å². The predicted octanol–water partition coefficient (Wildman–Crippen LogP) is 2.40. The lowest BCUT2D eigenvalue weighted by molar-refractivity contribution is -0.116. The number of carbonyl (C=O) groups excluding carboxylic acids is 3. The van der Waals surface area contributed by atoms with E-state index in [0.29, 0.717) is 18.0 Å². The first kappa shape index (κ1) is 17.6. The number of benzene rings is 1. The summed E-state index contributed by atoms with van der Waals surface area (Å²) in [4.78, 5) is 40.0. The molecule has 2 heterocycles. The highest BCUT2D eigenvalue weighted by atomic mass is 16.5. The highest BCUT2D eigenvalue weighted by Gasteiger charge is 2.17. The Morgan fingerprint density at radius 2 is 2.04 bits per heavy atom. The minimum absolute atomic E-state index is 0.0754. The number of ketones is 1. The molecule has 1 aromatic heterocycles. The van der Waals surface area contributed by atoms with Crippen molar-refractivity contribution in [3.05, 3.63) is 53.2 Å². The van der Waals surface area contributed by atoms with Crippen molar-refractivity contribution in [3.8, 4) is 5.88 Å². The number of aryl methyl sites for hydroxylation is 1. The largest absolute Gasteiger partial charge is 0.481 e. The zero-order chi connectivity index (χ0) is 18.5. The molecule has 7 heteroatoms. The molecule has 1 aliphatic heterocycles. The molecule has 0 aliphatic carbocycles. The van der Waals surface area contributed by atoms with Crippen LogP contribution in [-0.2, 0) is 16.0 Å². The third-order valence-electron chi connectivity index (χ3n) is 4.02. The summed E-state index contributed by atoms with van der Waals surface area (Å²) in [7, 11) is 1.45. The van der Waals surface area contributed by atoms with Gasteiger partial charge in [-0.05, 0) is 36.6 Å². The molecular formula is C19H18N2O5. The molecule has 0 unspecified atom stereocenters. The second-order valence-electron chi connectivity index (χ2n) is 5.84. The molecular weight excluding hydrogens is 336 g/mol. The number of hydrogen-bond donors (Lipinski definition) is 1. The zero-order valence-corrected chi connectivity index (χ0v) is 14.3. The van der Waals surface area contributed by atoms with Crippen LogP contribution in [0.3, 0.4) is 0 Å². The smallest absolute Gasteiger partial charge is 0.338 e. The molecule has 1 amide bonds. The van der Waals surface area contributed by atoms with Gasteiger partial charge in [0.2, 0.25) is 17.6 Å². The summed E-state index contributed by atoms with van der Waals surface area (Å²) in [5, 5.41) is 2.78. The average molecular weight is 354 g/mol. The number of nitrogens with one attached hydrogen (secondary N) is 1. The van der Waals surface area contributed by atoms with E-state index in [2.05, 4.69) is 10.3 Å². The number of hydrogen-bond acceptors (Lipinski definition) is 6. The SMILES string of the molecule is COc1cccc(C(=O)COC(=O)c2ccc3c(c2)NC(=O)CCC3)n1. The fourth-order valence-electron chi connectivity index (χ4n) is 2.66. The number of fused-ring (bicyclic) bond motifs is 1. The fraction of sp³-hybridized carbons (Fsp3) is 0.263. The summed E-state index contributed by atoms with van der Waals surface area (Å²) < 4.78 is 10.1. The minimum atomic E-state index is -0.637. The Labute approximate surface area is 150 Å². The van der Waals surface area contributed by atoms with Crippen LogP contribution in [0.15, 0.2) is 36.4 Å². The molecule has 0 fully saturated rings. The van der Waals surface area contributed by atoms with E-state index in [1.807, 2.05) is 0 Å².